The van der Waals surface area contributed by atoms with Gasteiger partial charge in [0.15, 0.2) is 5.82 Å². The van der Waals surface area contributed by atoms with Crippen LogP contribution in [0.2, 0.25) is 0 Å². The van der Waals surface area contributed by atoms with Crippen LogP contribution in [-0.2, 0) is 0 Å². The van der Waals surface area contributed by atoms with Gasteiger partial charge in [0.2, 0.25) is 0 Å². The Kier molecular flexibility index (Phi) is 4.09. The summed E-state index contributed by atoms with van der Waals surface area (Å²) in [6.07, 6.45) is 9.49. The van der Waals surface area contributed by atoms with Crippen LogP contribution in [0.4, 0.5) is 5.82 Å². The minimum absolute atomic E-state index is 0.0634. The van der Waals surface area contributed by atoms with E-state index in [0.717, 1.165) is 28.3 Å². The summed E-state index contributed by atoms with van der Waals surface area (Å²) in [6.45, 7) is 4.10. The van der Waals surface area contributed by atoms with Crippen LogP contribution in [-0.4, -0.2) is 24.9 Å². The quantitative estimate of drug-likeness (QED) is 0.768. The molecule has 0 bridgehead atoms. The van der Waals surface area contributed by atoms with Crippen molar-refractivity contribution in [3.05, 3.63) is 60.1 Å². The Bertz CT molecular complexity index is 876. The molecule has 0 saturated heterocycles. The highest BCUT2D eigenvalue weighted by molar-refractivity contribution is 5.54. The van der Waals surface area contributed by atoms with Crippen LogP contribution in [0.1, 0.15) is 48.7 Å². The summed E-state index contributed by atoms with van der Waals surface area (Å²) in [5, 5.41) is 3.44. The molecular weight excluding hydrogens is 312 g/mol. The van der Waals surface area contributed by atoms with E-state index in [2.05, 4.69) is 43.2 Å². The molecule has 126 valence electrons. The van der Waals surface area contributed by atoms with Crippen molar-refractivity contribution in [3.63, 3.8) is 0 Å². The van der Waals surface area contributed by atoms with Crippen LogP contribution >= 0.6 is 0 Å². The number of aromatic nitrogens is 5. The highest BCUT2D eigenvalue weighted by Gasteiger charge is 2.25. The Balaban J connectivity index is 1.54. The molecule has 0 aromatic carbocycles. The summed E-state index contributed by atoms with van der Waals surface area (Å²) >= 11 is 0. The third-order valence-electron chi connectivity index (χ3n) is 4.47. The zero-order valence-corrected chi connectivity index (χ0v) is 14.3. The van der Waals surface area contributed by atoms with E-state index in [9.17, 15) is 0 Å². The van der Waals surface area contributed by atoms with Gasteiger partial charge in [0.1, 0.15) is 12.1 Å². The topological polar surface area (TPSA) is 76.5 Å². The van der Waals surface area contributed by atoms with E-state index in [4.69, 9.17) is 0 Å². The van der Waals surface area contributed by atoms with Gasteiger partial charge in [0.05, 0.1) is 6.04 Å². The fourth-order valence-electron chi connectivity index (χ4n) is 2.89. The van der Waals surface area contributed by atoms with Gasteiger partial charge in [-0.2, -0.15) is 0 Å². The Morgan fingerprint density at radius 3 is 2.64 bits per heavy atom. The normalized spacial score (nSPS) is 15.0. The first kappa shape index (κ1) is 15.6. The summed E-state index contributed by atoms with van der Waals surface area (Å²) in [5.41, 5.74) is 4.11. The highest BCUT2D eigenvalue weighted by atomic mass is 15.0. The first-order valence-electron chi connectivity index (χ1n) is 8.53. The van der Waals surface area contributed by atoms with Gasteiger partial charge in [-0.25, -0.2) is 19.9 Å². The molecule has 1 aliphatic rings. The first-order valence-corrected chi connectivity index (χ1v) is 8.53. The molecule has 6 nitrogen and oxygen atoms in total. The Hall–Kier alpha value is -2.89. The minimum atomic E-state index is 0.0634. The first-order chi connectivity index (χ1) is 12.2. The number of pyridine rings is 1. The van der Waals surface area contributed by atoms with E-state index in [1.807, 2.05) is 25.3 Å². The molecule has 25 heavy (non-hydrogen) atoms. The average molecular weight is 332 g/mol. The van der Waals surface area contributed by atoms with Gasteiger partial charge in [-0.3, -0.25) is 4.98 Å². The fourth-order valence-corrected chi connectivity index (χ4v) is 2.89. The molecule has 3 heterocycles. The van der Waals surface area contributed by atoms with Crippen molar-refractivity contribution in [1.29, 1.82) is 0 Å². The molecule has 1 N–H and O–H groups in total. The van der Waals surface area contributed by atoms with Crippen LogP contribution in [0.15, 0.2) is 43.1 Å². The number of aryl methyl sites for hydroxylation is 1. The lowest BCUT2D eigenvalue weighted by Crippen LogP contribution is -2.11. The molecule has 1 aliphatic carbocycles. The van der Waals surface area contributed by atoms with Crippen LogP contribution < -0.4 is 5.32 Å². The molecule has 6 heteroatoms. The molecule has 0 radical (unpaired) electrons. The van der Waals surface area contributed by atoms with Crippen LogP contribution in [0.25, 0.3) is 11.4 Å². The fraction of sp³-hybridized carbons (Fsp3) is 0.316. The number of hydrogen-bond acceptors (Lipinski definition) is 6. The van der Waals surface area contributed by atoms with E-state index in [1.165, 1.54) is 12.8 Å². The third kappa shape index (κ3) is 3.47. The van der Waals surface area contributed by atoms with Crippen LogP contribution in [0.3, 0.4) is 0 Å². The second-order valence-corrected chi connectivity index (χ2v) is 6.44. The SMILES string of the molecule is Cc1nc(-c2ccncc2)ncc1C(C)Nc1cc(C2CC2)ncn1. The Morgan fingerprint density at radius 2 is 1.92 bits per heavy atom. The minimum Gasteiger partial charge on any atom is -0.363 e. The van der Waals surface area contributed by atoms with Crippen molar-refractivity contribution >= 4 is 5.82 Å². The standard InChI is InChI=1S/C19H20N6/c1-12(24-18-9-17(14-3-4-14)22-11-23-18)16-10-21-19(25-13(16)2)15-5-7-20-8-6-15/h5-12,14H,3-4H2,1-2H3,(H,22,23,24). The summed E-state index contributed by atoms with van der Waals surface area (Å²) in [7, 11) is 0. The van der Waals surface area contributed by atoms with Gasteiger partial charge >= 0.3 is 0 Å². The molecular formula is C19H20N6. The Morgan fingerprint density at radius 1 is 1.12 bits per heavy atom. The van der Waals surface area contributed by atoms with Crippen molar-refractivity contribution in [2.75, 3.05) is 5.32 Å². The number of anilines is 1. The van der Waals surface area contributed by atoms with Gasteiger partial charge in [0, 0.05) is 53.1 Å². The van der Waals surface area contributed by atoms with Crippen LogP contribution in [0, 0.1) is 6.92 Å². The van der Waals surface area contributed by atoms with Gasteiger partial charge < -0.3 is 5.32 Å². The van der Waals surface area contributed by atoms with Crippen molar-refractivity contribution in [2.45, 2.75) is 38.6 Å². The molecule has 1 unspecified atom stereocenters. The monoisotopic (exact) mass is 332 g/mol. The summed E-state index contributed by atoms with van der Waals surface area (Å²) in [5.74, 6) is 2.18. The zero-order chi connectivity index (χ0) is 17.2. The van der Waals surface area contributed by atoms with E-state index in [1.54, 1.807) is 18.7 Å². The van der Waals surface area contributed by atoms with Gasteiger partial charge in [-0.1, -0.05) is 0 Å². The molecule has 3 aromatic rings. The molecule has 4 rings (SSSR count). The third-order valence-corrected chi connectivity index (χ3v) is 4.47. The van der Waals surface area contributed by atoms with Crippen LogP contribution in [0.5, 0.6) is 0 Å². The second kappa shape index (κ2) is 6.55. The lowest BCUT2D eigenvalue weighted by molar-refractivity contribution is 0.834. The smallest absolute Gasteiger partial charge is 0.159 e. The highest BCUT2D eigenvalue weighted by Crippen LogP contribution is 2.39. The number of hydrogen-bond donors (Lipinski definition) is 1. The molecule has 1 atom stereocenters. The van der Waals surface area contributed by atoms with Crippen molar-refractivity contribution in [3.8, 4) is 11.4 Å². The summed E-state index contributed by atoms with van der Waals surface area (Å²) in [6, 6.07) is 5.94. The molecule has 0 amide bonds. The molecule has 0 aliphatic heterocycles. The average Bonchev–Trinajstić information content (AvgIpc) is 3.48. The van der Waals surface area contributed by atoms with Gasteiger partial charge in [0.25, 0.3) is 0 Å². The lowest BCUT2D eigenvalue weighted by atomic mass is 10.1. The maximum absolute atomic E-state index is 4.65. The molecule has 1 fully saturated rings. The zero-order valence-electron chi connectivity index (χ0n) is 14.3. The number of rotatable bonds is 5. The number of nitrogens with zero attached hydrogens (tertiary/aromatic N) is 5. The largest absolute Gasteiger partial charge is 0.363 e. The van der Waals surface area contributed by atoms with Crippen molar-refractivity contribution < 1.29 is 0 Å². The van der Waals surface area contributed by atoms with E-state index in [-0.39, 0.29) is 6.04 Å². The summed E-state index contributed by atoms with van der Waals surface area (Å²) in [4.78, 5) is 21.9. The molecule has 0 spiro atoms. The summed E-state index contributed by atoms with van der Waals surface area (Å²) < 4.78 is 0. The predicted molar refractivity (Wildman–Crippen MR) is 96.0 cm³/mol. The molecule has 3 aromatic heterocycles. The van der Waals surface area contributed by atoms with Crippen molar-refractivity contribution in [1.82, 2.24) is 24.9 Å². The number of nitrogens with one attached hydrogen (secondary N) is 1. The second-order valence-electron chi connectivity index (χ2n) is 6.44. The van der Waals surface area contributed by atoms with Gasteiger partial charge in [-0.05, 0) is 38.8 Å². The maximum atomic E-state index is 4.65. The Labute approximate surface area is 146 Å². The van der Waals surface area contributed by atoms with E-state index >= 15 is 0 Å². The molecule has 1 saturated carbocycles. The maximum Gasteiger partial charge on any atom is 0.159 e. The van der Waals surface area contributed by atoms with Gasteiger partial charge in [-0.15, -0.1) is 0 Å². The van der Waals surface area contributed by atoms with E-state index < -0.39 is 0 Å². The van der Waals surface area contributed by atoms with Crippen molar-refractivity contribution in [2.24, 2.45) is 0 Å². The van der Waals surface area contributed by atoms with E-state index in [0.29, 0.717) is 11.7 Å². The lowest BCUT2D eigenvalue weighted by Gasteiger charge is -2.17. The predicted octanol–water partition coefficient (Wildman–Crippen LogP) is 3.69.